The number of hydrogen-bond acceptors (Lipinski definition) is 7. The van der Waals surface area contributed by atoms with Gasteiger partial charge in [0.1, 0.15) is 0 Å². The van der Waals surface area contributed by atoms with Gasteiger partial charge in [-0.2, -0.15) is 0 Å². The van der Waals surface area contributed by atoms with Crippen molar-refractivity contribution in [1.82, 2.24) is 5.32 Å². The van der Waals surface area contributed by atoms with Crippen molar-refractivity contribution >= 4 is 13.7 Å². The highest BCUT2D eigenvalue weighted by Gasteiger charge is 2.28. The van der Waals surface area contributed by atoms with Crippen molar-refractivity contribution in [2.45, 2.75) is 257 Å². The average molecular weight is 791 g/mol. The summed E-state index contributed by atoms with van der Waals surface area (Å²) in [5.41, 5.74) is 5.37. The molecule has 9 nitrogen and oxygen atoms in total. The zero-order valence-electron chi connectivity index (χ0n) is 35.6. The Hall–Kier alpha value is -0.540. The minimum absolute atomic E-state index is 0.0626. The lowest BCUT2D eigenvalue weighted by atomic mass is 10.0. The number of phosphoric ester groups is 1. The van der Waals surface area contributed by atoms with Crippen LogP contribution in [-0.2, 0) is 18.4 Å². The molecule has 0 bridgehead atoms. The third kappa shape index (κ3) is 38.3. The van der Waals surface area contributed by atoms with Crippen LogP contribution < -0.4 is 11.1 Å². The number of rotatable bonds is 44. The van der Waals surface area contributed by atoms with Gasteiger partial charge in [0.2, 0.25) is 5.91 Å². The van der Waals surface area contributed by atoms with E-state index in [0.717, 1.165) is 38.5 Å². The van der Waals surface area contributed by atoms with Gasteiger partial charge in [-0.15, -0.1) is 0 Å². The topological polar surface area (TPSA) is 151 Å². The highest BCUT2D eigenvalue weighted by molar-refractivity contribution is 7.47. The van der Waals surface area contributed by atoms with Crippen molar-refractivity contribution in [2.24, 2.45) is 5.73 Å². The highest BCUT2D eigenvalue weighted by atomic mass is 31.2. The zero-order valence-corrected chi connectivity index (χ0v) is 36.5. The number of carbonyl (C=O) groups is 1. The fourth-order valence-corrected chi connectivity index (χ4v) is 8.00. The molecule has 0 heterocycles. The van der Waals surface area contributed by atoms with Gasteiger partial charge in [0, 0.05) is 6.54 Å². The van der Waals surface area contributed by atoms with Crippen molar-refractivity contribution in [3.05, 3.63) is 0 Å². The summed E-state index contributed by atoms with van der Waals surface area (Å²) in [6.45, 7) is 4.07. The fourth-order valence-electron chi connectivity index (χ4n) is 7.24. The zero-order chi connectivity index (χ0) is 39.8. The lowest BCUT2D eigenvalue weighted by Gasteiger charge is -2.25. The van der Waals surface area contributed by atoms with Gasteiger partial charge in [0.25, 0.3) is 0 Å². The average Bonchev–Trinajstić information content (AvgIpc) is 3.15. The summed E-state index contributed by atoms with van der Waals surface area (Å²) in [6.07, 6.45) is 40.0. The van der Waals surface area contributed by atoms with E-state index in [0.29, 0.717) is 12.8 Å². The van der Waals surface area contributed by atoms with E-state index in [1.165, 1.54) is 167 Å². The lowest BCUT2D eigenvalue weighted by molar-refractivity contribution is -0.125. The van der Waals surface area contributed by atoms with Gasteiger partial charge in [-0.1, -0.05) is 219 Å². The van der Waals surface area contributed by atoms with Gasteiger partial charge < -0.3 is 26.2 Å². The molecule has 0 aliphatic heterocycles. The van der Waals surface area contributed by atoms with Crippen LogP contribution in [0.3, 0.4) is 0 Å². The van der Waals surface area contributed by atoms with Crippen LogP contribution >= 0.6 is 7.82 Å². The molecule has 54 heavy (non-hydrogen) atoms. The predicted molar refractivity (Wildman–Crippen MR) is 228 cm³/mol. The van der Waals surface area contributed by atoms with Gasteiger partial charge in [0.15, 0.2) is 0 Å². The van der Waals surface area contributed by atoms with Crippen molar-refractivity contribution in [3.63, 3.8) is 0 Å². The van der Waals surface area contributed by atoms with E-state index in [4.69, 9.17) is 14.8 Å². The monoisotopic (exact) mass is 791 g/mol. The molecule has 0 aromatic carbocycles. The van der Waals surface area contributed by atoms with Crippen LogP contribution in [0, 0.1) is 0 Å². The molecule has 0 aliphatic carbocycles. The summed E-state index contributed by atoms with van der Waals surface area (Å²) in [7, 11) is -4.37. The molecule has 0 fully saturated rings. The molecule has 1 amide bonds. The van der Waals surface area contributed by atoms with E-state index >= 15 is 0 Å². The first kappa shape index (κ1) is 53.5. The van der Waals surface area contributed by atoms with E-state index < -0.39 is 32.0 Å². The molecule has 0 spiro atoms. The van der Waals surface area contributed by atoms with Crippen LogP contribution in [0.25, 0.3) is 0 Å². The van der Waals surface area contributed by atoms with Crippen LogP contribution in [0.4, 0.5) is 0 Å². The van der Waals surface area contributed by atoms with Crippen molar-refractivity contribution < 1.29 is 33.5 Å². The summed E-state index contributed by atoms with van der Waals surface area (Å²) in [5.74, 6) is -0.408. The number of carbonyl (C=O) groups excluding carboxylic acids is 1. The van der Waals surface area contributed by atoms with Gasteiger partial charge in [-0.25, -0.2) is 4.57 Å². The lowest BCUT2D eigenvalue weighted by Crippen LogP contribution is -2.47. The third-order valence-corrected chi connectivity index (χ3v) is 11.7. The molecule has 324 valence electrons. The van der Waals surface area contributed by atoms with E-state index in [1.54, 1.807) is 0 Å². The maximum atomic E-state index is 12.8. The SMILES string of the molecule is CCCCCCCCCCCCCCCCCCCCCC(O)CC(=O)NC(COP(=O)(O)OCCN)C(O)CCCCCCCCCCCCCCC. The second kappa shape index (κ2) is 40.6. The first-order valence-corrected chi connectivity index (χ1v) is 24.7. The summed E-state index contributed by atoms with van der Waals surface area (Å²) in [5, 5.41) is 24.2. The van der Waals surface area contributed by atoms with Gasteiger partial charge in [0.05, 0.1) is 37.9 Å². The summed E-state index contributed by atoms with van der Waals surface area (Å²) < 4.78 is 22.1. The van der Waals surface area contributed by atoms with Gasteiger partial charge in [-0.3, -0.25) is 13.8 Å². The number of phosphoric acid groups is 1. The molecular formula is C44H91N2O7P. The molecule has 0 aliphatic rings. The van der Waals surface area contributed by atoms with Crippen molar-refractivity contribution in [1.29, 1.82) is 0 Å². The highest BCUT2D eigenvalue weighted by Crippen LogP contribution is 2.43. The second-order valence-corrected chi connectivity index (χ2v) is 17.6. The summed E-state index contributed by atoms with van der Waals surface area (Å²) in [6, 6.07) is -0.890. The van der Waals surface area contributed by atoms with E-state index in [2.05, 4.69) is 19.2 Å². The molecule has 0 radical (unpaired) electrons. The quantitative estimate of drug-likeness (QED) is 0.0302. The Labute approximate surface area is 334 Å². The molecule has 4 atom stereocenters. The summed E-state index contributed by atoms with van der Waals surface area (Å²) in [4.78, 5) is 22.8. The second-order valence-electron chi connectivity index (χ2n) is 16.2. The molecule has 0 saturated heterocycles. The maximum Gasteiger partial charge on any atom is 0.472 e. The van der Waals surface area contributed by atoms with Crippen LogP contribution in [0.15, 0.2) is 0 Å². The molecule has 6 N–H and O–H groups in total. The largest absolute Gasteiger partial charge is 0.472 e. The first-order valence-electron chi connectivity index (χ1n) is 23.2. The van der Waals surface area contributed by atoms with Gasteiger partial charge >= 0.3 is 7.82 Å². The van der Waals surface area contributed by atoms with Crippen molar-refractivity contribution in [3.8, 4) is 0 Å². The maximum absolute atomic E-state index is 12.8. The van der Waals surface area contributed by atoms with Crippen LogP contribution in [0.5, 0.6) is 0 Å². The van der Waals surface area contributed by atoms with E-state index in [9.17, 15) is 24.5 Å². The number of nitrogens with one attached hydrogen (secondary N) is 1. The minimum Gasteiger partial charge on any atom is -0.393 e. The Balaban J connectivity index is 4.14. The molecular weight excluding hydrogens is 699 g/mol. The predicted octanol–water partition coefficient (Wildman–Crippen LogP) is 12.0. The minimum atomic E-state index is -4.37. The molecule has 4 unspecified atom stereocenters. The number of unbranched alkanes of at least 4 members (excludes halogenated alkanes) is 30. The number of aliphatic hydroxyl groups excluding tert-OH is 2. The van der Waals surface area contributed by atoms with E-state index in [-0.39, 0.29) is 26.2 Å². The molecule has 0 aromatic heterocycles. The Morgan fingerprint density at radius 2 is 0.889 bits per heavy atom. The third-order valence-electron chi connectivity index (χ3n) is 10.8. The fraction of sp³-hybridized carbons (Fsp3) is 0.977. The summed E-state index contributed by atoms with van der Waals surface area (Å²) >= 11 is 0. The number of hydrogen-bond donors (Lipinski definition) is 5. The Morgan fingerprint density at radius 1 is 0.556 bits per heavy atom. The van der Waals surface area contributed by atoms with Crippen LogP contribution in [0.1, 0.15) is 239 Å². The molecule has 10 heteroatoms. The Kier molecular flexibility index (Phi) is 40.2. The normalized spacial score (nSPS) is 14.6. The molecule has 0 aromatic rings. The molecule has 0 saturated carbocycles. The standard InChI is InChI=1S/C44H91N2O7P/c1-3-5-7-9-11-13-15-17-18-19-20-21-22-24-25-27-29-31-33-35-41(47)39-44(49)46-42(40-53-54(50,51)52-38-37-45)43(48)36-34-32-30-28-26-23-16-14-12-10-8-6-4-2/h41-43,47-48H,3-40,45H2,1-2H3,(H,46,49)(H,50,51). The van der Waals surface area contributed by atoms with Crippen LogP contribution in [0.2, 0.25) is 0 Å². The molecule has 0 rings (SSSR count). The Morgan fingerprint density at radius 3 is 1.24 bits per heavy atom. The number of nitrogens with two attached hydrogens (primary N) is 1. The smallest absolute Gasteiger partial charge is 0.393 e. The Bertz CT molecular complexity index is 837. The van der Waals surface area contributed by atoms with Gasteiger partial charge in [-0.05, 0) is 12.8 Å². The first-order chi connectivity index (χ1) is 26.3. The number of aliphatic hydroxyl groups is 2. The van der Waals surface area contributed by atoms with E-state index in [1.807, 2.05) is 0 Å². The van der Waals surface area contributed by atoms with Crippen LogP contribution in [-0.4, -0.2) is 59.0 Å². The number of amides is 1. The van der Waals surface area contributed by atoms with Crippen molar-refractivity contribution in [2.75, 3.05) is 19.8 Å².